The second-order valence-electron chi connectivity index (χ2n) is 6.36. The van der Waals surface area contributed by atoms with Crippen molar-refractivity contribution in [1.29, 1.82) is 0 Å². The van der Waals surface area contributed by atoms with Gasteiger partial charge < -0.3 is 10.6 Å². The fourth-order valence-corrected chi connectivity index (χ4v) is 3.12. The molecule has 4 nitrogen and oxygen atoms in total. The molecule has 1 heterocycles. The molecule has 23 heavy (non-hydrogen) atoms. The van der Waals surface area contributed by atoms with E-state index in [0.29, 0.717) is 6.54 Å². The minimum atomic E-state index is -0.215. The van der Waals surface area contributed by atoms with Gasteiger partial charge in [0.25, 0.3) is 0 Å². The van der Waals surface area contributed by atoms with Crippen molar-refractivity contribution in [2.24, 2.45) is 0 Å². The standard InChI is InChI=1S/C18H23N3OS/c1-13-10-15(23-18(2,3)4)7-8-16(13)21-17(22)20-12-14-6-5-9-19-11-14/h5-11H,12H2,1-4H3,(H2,20,21,22). The SMILES string of the molecule is Cc1cc(SC(C)(C)C)ccc1NC(=O)NCc1cccnc1. The van der Waals surface area contributed by atoms with Crippen molar-refractivity contribution in [2.75, 3.05) is 5.32 Å². The molecule has 5 heteroatoms. The van der Waals surface area contributed by atoms with Crippen LogP contribution in [0.2, 0.25) is 0 Å². The van der Waals surface area contributed by atoms with Gasteiger partial charge in [0.15, 0.2) is 0 Å². The molecule has 2 aromatic rings. The van der Waals surface area contributed by atoms with E-state index in [9.17, 15) is 4.79 Å². The molecule has 0 saturated carbocycles. The second-order valence-corrected chi connectivity index (χ2v) is 8.26. The normalized spacial score (nSPS) is 11.1. The quantitative estimate of drug-likeness (QED) is 0.806. The number of amides is 2. The Hall–Kier alpha value is -2.01. The Morgan fingerprint density at radius 2 is 2.04 bits per heavy atom. The molecule has 0 spiro atoms. The first-order valence-corrected chi connectivity index (χ1v) is 8.38. The van der Waals surface area contributed by atoms with Crippen LogP contribution in [0.5, 0.6) is 0 Å². The Morgan fingerprint density at radius 1 is 1.26 bits per heavy atom. The molecule has 0 bridgehead atoms. The lowest BCUT2D eigenvalue weighted by molar-refractivity contribution is 0.251. The number of thioether (sulfide) groups is 1. The lowest BCUT2D eigenvalue weighted by atomic mass is 10.2. The first kappa shape index (κ1) is 17.3. The number of nitrogens with zero attached hydrogens (tertiary/aromatic N) is 1. The molecule has 122 valence electrons. The summed E-state index contributed by atoms with van der Waals surface area (Å²) in [7, 11) is 0. The number of hydrogen-bond donors (Lipinski definition) is 2. The van der Waals surface area contributed by atoms with Gasteiger partial charge in [-0.15, -0.1) is 11.8 Å². The van der Waals surface area contributed by atoms with Gasteiger partial charge in [0.1, 0.15) is 0 Å². The first-order valence-electron chi connectivity index (χ1n) is 7.57. The molecule has 2 amide bonds. The van der Waals surface area contributed by atoms with Crippen LogP contribution in [0.1, 0.15) is 31.9 Å². The number of carbonyl (C=O) groups is 1. The van der Waals surface area contributed by atoms with E-state index in [1.54, 1.807) is 12.4 Å². The van der Waals surface area contributed by atoms with E-state index < -0.39 is 0 Å². The van der Waals surface area contributed by atoms with Crippen molar-refractivity contribution in [1.82, 2.24) is 10.3 Å². The summed E-state index contributed by atoms with van der Waals surface area (Å²) < 4.78 is 0.169. The Balaban J connectivity index is 1.93. The van der Waals surface area contributed by atoms with E-state index in [1.165, 1.54) is 4.90 Å². The zero-order valence-corrected chi connectivity index (χ0v) is 14.8. The minimum absolute atomic E-state index is 0.169. The van der Waals surface area contributed by atoms with Gasteiger partial charge in [-0.2, -0.15) is 0 Å². The molecule has 0 aliphatic heterocycles. The lowest BCUT2D eigenvalue weighted by Gasteiger charge is -2.18. The molecule has 1 aromatic heterocycles. The highest BCUT2D eigenvalue weighted by Crippen LogP contribution is 2.33. The fourth-order valence-electron chi connectivity index (χ4n) is 2.04. The van der Waals surface area contributed by atoms with E-state index >= 15 is 0 Å². The average molecular weight is 329 g/mol. The average Bonchev–Trinajstić information content (AvgIpc) is 2.47. The lowest BCUT2D eigenvalue weighted by Crippen LogP contribution is -2.28. The summed E-state index contributed by atoms with van der Waals surface area (Å²) in [6.07, 6.45) is 3.45. The number of pyridine rings is 1. The Morgan fingerprint density at radius 3 is 2.65 bits per heavy atom. The minimum Gasteiger partial charge on any atom is -0.334 e. The van der Waals surface area contributed by atoms with Gasteiger partial charge in [0, 0.05) is 34.3 Å². The smallest absolute Gasteiger partial charge is 0.319 e. The van der Waals surface area contributed by atoms with Crippen LogP contribution < -0.4 is 10.6 Å². The number of aromatic nitrogens is 1. The van der Waals surface area contributed by atoms with Gasteiger partial charge in [-0.3, -0.25) is 4.98 Å². The van der Waals surface area contributed by atoms with Crippen molar-refractivity contribution in [2.45, 2.75) is 43.9 Å². The maximum atomic E-state index is 12.0. The number of hydrogen-bond acceptors (Lipinski definition) is 3. The molecule has 0 aliphatic rings. The van der Waals surface area contributed by atoms with Crippen molar-refractivity contribution >= 4 is 23.5 Å². The van der Waals surface area contributed by atoms with E-state index in [4.69, 9.17) is 0 Å². The molecule has 2 rings (SSSR count). The molecule has 0 unspecified atom stereocenters. The summed E-state index contributed by atoms with van der Waals surface area (Å²) in [6, 6.07) is 9.66. The van der Waals surface area contributed by atoms with Crippen molar-refractivity contribution < 1.29 is 4.79 Å². The van der Waals surface area contributed by atoms with Gasteiger partial charge in [-0.25, -0.2) is 4.79 Å². The summed E-state index contributed by atoms with van der Waals surface area (Å²) in [4.78, 5) is 17.2. The van der Waals surface area contributed by atoms with Gasteiger partial charge in [-0.1, -0.05) is 26.8 Å². The highest BCUT2D eigenvalue weighted by Gasteiger charge is 2.13. The predicted octanol–water partition coefficient (Wildman–Crippen LogP) is 4.60. The van der Waals surface area contributed by atoms with Crippen LogP contribution in [-0.4, -0.2) is 15.8 Å². The Labute approximate surface area is 142 Å². The summed E-state index contributed by atoms with van der Waals surface area (Å²) in [5.41, 5.74) is 2.85. The predicted molar refractivity (Wildman–Crippen MR) is 96.9 cm³/mol. The van der Waals surface area contributed by atoms with E-state index in [1.807, 2.05) is 43.0 Å². The first-order chi connectivity index (χ1) is 10.8. The summed E-state index contributed by atoms with van der Waals surface area (Å²) in [5.74, 6) is 0. The molecule has 0 aliphatic carbocycles. The largest absolute Gasteiger partial charge is 0.334 e. The number of aryl methyl sites for hydroxylation is 1. The summed E-state index contributed by atoms with van der Waals surface area (Å²) in [5, 5.41) is 5.72. The molecule has 0 fully saturated rings. The van der Waals surface area contributed by atoms with Crippen LogP contribution in [0.4, 0.5) is 10.5 Å². The van der Waals surface area contributed by atoms with Crippen LogP contribution in [0.25, 0.3) is 0 Å². The third-order valence-electron chi connectivity index (χ3n) is 3.05. The van der Waals surface area contributed by atoms with Gasteiger partial charge in [-0.05, 0) is 42.3 Å². The topological polar surface area (TPSA) is 54.0 Å². The number of urea groups is 1. The molecule has 0 radical (unpaired) electrons. The summed E-state index contributed by atoms with van der Waals surface area (Å²) >= 11 is 1.81. The van der Waals surface area contributed by atoms with Crippen LogP contribution in [0, 0.1) is 6.92 Å². The van der Waals surface area contributed by atoms with Crippen LogP contribution in [0.3, 0.4) is 0 Å². The Kier molecular flexibility index (Phi) is 5.66. The Bertz CT molecular complexity index is 666. The molecule has 1 aromatic carbocycles. The van der Waals surface area contributed by atoms with Crippen molar-refractivity contribution in [3.05, 3.63) is 53.9 Å². The molecule has 2 N–H and O–H groups in total. The third-order valence-corrected chi connectivity index (χ3v) is 4.15. The van der Waals surface area contributed by atoms with Gasteiger partial charge in [0.05, 0.1) is 0 Å². The number of nitrogens with one attached hydrogen (secondary N) is 2. The zero-order valence-electron chi connectivity index (χ0n) is 14.0. The van der Waals surface area contributed by atoms with Crippen LogP contribution in [-0.2, 0) is 6.54 Å². The van der Waals surface area contributed by atoms with Crippen molar-refractivity contribution in [3.8, 4) is 0 Å². The summed E-state index contributed by atoms with van der Waals surface area (Å²) in [6.45, 7) is 9.02. The highest BCUT2D eigenvalue weighted by molar-refractivity contribution is 8.00. The van der Waals surface area contributed by atoms with Crippen LogP contribution >= 0.6 is 11.8 Å². The van der Waals surface area contributed by atoms with Gasteiger partial charge in [0.2, 0.25) is 0 Å². The second kappa shape index (κ2) is 7.51. The maximum absolute atomic E-state index is 12.0. The number of rotatable bonds is 4. The molecular weight excluding hydrogens is 306 g/mol. The molecule has 0 atom stereocenters. The van der Waals surface area contributed by atoms with E-state index in [-0.39, 0.29) is 10.8 Å². The van der Waals surface area contributed by atoms with Crippen molar-refractivity contribution in [3.63, 3.8) is 0 Å². The van der Waals surface area contributed by atoms with E-state index in [2.05, 4.69) is 42.5 Å². The highest BCUT2D eigenvalue weighted by atomic mass is 32.2. The maximum Gasteiger partial charge on any atom is 0.319 e. The monoisotopic (exact) mass is 329 g/mol. The molecular formula is C18H23N3OS. The number of benzene rings is 1. The molecule has 0 saturated heterocycles. The zero-order chi connectivity index (χ0) is 16.9. The third kappa shape index (κ3) is 5.94. The van der Waals surface area contributed by atoms with E-state index in [0.717, 1.165) is 16.8 Å². The number of carbonyl (C=O) groups excluding carboxylic acids is 1. The van der Waals surface area contributed by atoms with Gasteiger partial charge >= 0.3 is 6.03 Å². The number of anilines is 1. The fraction of sp³-hybridized carbons (Fsp3) is 0.333. The van der Waals surface area contributed by atoms with Crippen LogP contribution in [0.15, 0.2) is 47.6 Å².